The fraction of sp³-hybridized carbons (Fsp3) is 0.240. The van der Waals surface area contributed by atoms with E-state index in [1.807, 2.05) is 50.2 Å². The van der Waals surface area contributed by atoms with E-state index in [0.29, 0.717) is 11.6 Å². The Morgan fingerprint density at radius 2 is 1.62 bits per heavy atom. The van der Waals surface area contributed by atoms with Gasteiger partial charge in [0, 0.05) is 45.4 Å². The first kappa shape index (κ1) is 21.0. The van der Waals surface area contributed by atoms with Crippen molar-refractivity contribution in [1.82, 2.24) is 15.1 Å². The minimum atomic E-state index is 0.649. The summed E-state index contributed by atoms with van der Waals surface area (Å²) in [5.41, 5.74) is 6.40. The van der Waals surface area contributed by atoms with Crippen LogP contribution in [0, 0.1) is 13.8 Å². The van der Waals surface area contributed by atoms with Gasteiger partial charge in [0.25, 0.3) is 0 Å². The van der Waals surface area contributed by atoms with E-state index >= 15 is 0 Å². The van der Waals surface area contributed by atoms with Gasteiger partial charge in [0.15, 0.2) is 5.76 Å². The highest BCUT2D eigenvalue weighted by atomic mass is 35.5. The van der Waals surface area contributed by atoms with E-state index in [1.54, 1.807) is 0 Å². The molecule has 2 aromatic heterocycles. The van der Waals surface area contributed by atoms with Gasteiger partial charge in [0.1, 0.15) is 17.3 Å². The highest BCUT2D eigenvalue weighted by molar-refractivity contribution is 6.30. The quantitative estimate of drug-likeness (QED) is 0.359. The number of benzene rings is 2. The Hall–Kier alpha value is -2.89. The van der Waals surface area contributed by atoms with Crippen LogP contribution < -0.4 is 4.90 Å². The summed E-state index contributed by atoms with van der Waals surface area (Å²) in [4.78, 5) is 11.7. The predicted molar refractivity (Wildman–Crippen MR) is 127 cm³/mol. The van der Waals surface area contributed by atoms with Gasteiger partial charge in [-0.05, 0) is 62.2 Å². The molecule has 0 atom stereocenters. The largest absolute Gasteiger partial charge is 0.356 e. The third-order valence-electron chi connectivity index (χ3n) is 5.85. The van der Waals surface area contributed by atoms with Crippen molar-refractivity contribution in [3.63, 3.8) is 0 Å². The molecular formula is C25H22Cl2N4O. The number of hydrogen-bond acceptors (Lipinski definition) is 5. The first-order valence-corrected chi connectivity index (χ1v) is 11.3. The van der Waals surface area contributed by atoms with Gasteiger partial charge in [-0.3, -0.25) is 0 Å². The Balaban J connectivity index is 1.46. The van der Waals surface area contributed by atoms with Gasteiger partial charge in [-0.15, -0.1) is 0 Å². The van der Waals surface area contributed by atoms with Crippen molar-refractivity contribution in [3.05, 3.63) is 92.5 Å². The summed E-state index contributed by atoms with van der Waals surface area (Å²) in [6.07, 6.45) is 1.58. The maximum atomic E-state index is 6.07. The van der Waals surface area contributed by atoms with Crippen molar-refractivity contribution in [1.29, 1.82) is 0 Å². The Morgan fingerprint density at radius 3 is 2.34 bits per heavy atom. The van der Waals surface area contributed by atoms with Crippen LogP contribution in [0.4, 0.5) is 5.82 Å². The molecule has 5 rings (SSSR count). The lowest BCUT2D eigenvalue weighted by molar-refractivity contribution is 0.423. The van der Waals surface area contributed by atoms with Crippen LogP contribution in [0.2, 0.25) is 10.0 Å². The average Bonchev–Trinajstić information content (AvgIpc) is 3.20. The molecule has 5 nitrogen and oxygen atoms in total. The molecule has 7 heteroatoms. The fourth-order valence-corrected chi connectivity index (χ4v) is 4.48. The van der Waals surface area contributed by atoms with Gasteiger partial charge < -0.3 is 9.42 Å². The molecule has 0 saturated carbocycles. The molecule has 32 heavy (non-hydrogen) atoms. The van der Waals surface area contributed by atoms with Crippen LogP contribution in [-0.2, 0) is 19.4 Å². The minimum absolute atomic E-state index is 0.649. The molecule has 4 aromatic rings. The van der Waals surface area contributed by atoms with E-state index in [2.05, 4.69) is 27.2 Å². The minimum Gasteiger partial charge on any atom is -0.356 e. The molecule has 0 saturated heterocycles. The standard InChI is InChI=1S/C25H22Cl2N4O/c1-15-22(13-17-3-7-19(26)8-4-17)25(29-16(2)28-15)31-12-11-21-23(14-31)30-32-24(21)18-5-9-20(27)10-6-18/h3-10H,11-14H2,1-2H3. The molecule has 0 N–H and O–H groups in total. The fourth-order valence-electron chi connectivity index (χ4n) is 4.23. The number of aryl methyl sites for hydroxylation is 2. The number of halogens is 2. The van der Waals surface area contributed by atoms with Crippen LogP contribution in [0.3, 0.4) is 0 Å². The Labute approximate surface area is 197 Å². The summed E-state index contributed by atoms with van der Waals surface area (Å²) < 4.78 is 5.75. The maximum absolute atomic E-state index is 6.07. The molecule has 162 valence electrons. The summed E-state index contributed by atoms with van der Waals surface area (Å²) in [5, 5.41) is 5.83. The first-order valence-electron chi connectivity index (χ1n) is 10.5. The Bertz CT molecular complexity index is 1270. The lowest BCUT2D eigenvalue weighted by Gasteiger charge is -2.29. The molecule has 3 heterocycles. The second-order valence-electron chi connectivity index (χ2n) is 8.08. The molecule has 0 unspecified atom stereocenters. The van der Waals surface area contributed by atoms with E-state index in [9.17, 15) is 0 Å². The second kappa shape index (κ2) is 8.57. The van der Waals surface area contributed by atoms with Crippen LogP contribution in [0.25, 0.3) is 11.3 Å². The molecule has 0 radical (unpaired) electrons. The van der Waals surface area contributed by atoms with Crippen LogP contribution in [-0.4, -0.2) is 21.7 Å². The van der Waals surface area contributed by atoms with Crippen molar-refractivity contribution in [2.75, 3.05) is 11.4 Å². The normalized spacial score (nSPS) is 13.3. The molecular weight excluding hydrogens is 443 g/mol. The van der Waals surface area contributed by atoms with E-state index in [0.717, 1.165) is 69.9 Å². The van der Waals surface area contributed by atoms with Gasteiger partial charge in [-0.1, -0.05) is 40.5 Å². The molecule has 2 aromatic carbocycles. The number of aromatic nitrogens is 3. The van der Waals surface area contributed by atoms with Gasteiger partial charge in [0.2, 0.25) is 0 Å². The SMILES string of the molecule is Cc1nc(C)c(Cc2ccc(Cl)cc2)c(N2CCc3c(noc3-c3ccc(Cl)cc3)C2)n1. The number of anilines is 1. The topological polar surface area (TPSA) is 55.1 Å². The zero-order valence-corrected chi connectivity index (χ0v) is 19.4. The lowest BCUT2D eigenvalue weighted by Crippen LogP contribution is -2.32. The Kier molecular flexibility index (Phi) is 5.62. The molecule has 0 amide bonds. The number of hydrogen-bond donors (Lipinski definition) is 0. The molecule has 0 spiro atoms. The van der Waals surface area contributed by atoms with E-state index in [-0.39, 0.29) is 0 Å². The molecule has 1 aliphatic heterocycles. The van der Waals surface area contributed by atoms with Crippen LogP contribution in [0.15, 0.2) is 53.1 Å². The van der Waals surface area contributed by atoms with Crippen LogP contribution in [0.1, 0.15) is 33.9 Å². The van der Waals surface area contributed by atoms with Gasteiger partial charge in [-0.2, -0.15) is 0 Å². The number of rotatable bonds is 4. The molecule has 0 bridgehead atoms. The molecule has 1 aliphatic rings. The highest BCUT2D eigenvalue weighted by Crippen LogP contribution is 2.34. The van der Waals surface area contributed by atoms with Crippen molar-refractivity contribution < 1.29 is 4.52 Å². The van der Waals surface area contributed by atoms with Crippen molar-refractivity contribution in [2.24, 2.45) is 0 Å². The van der Waals surface area contributed by atoms with E-state index < -0.39 is 0 Å². The maximum Gasteiger partial charge on any atom is 0.170 e. The monoisotopic (exact) mass is 464 g/mol. The van der Waals surface area contributed by atoms with Crippen LogP contribution in [0.5, 0.6) is 0 Å². The lowest BCUT2D eigenvalue weighted by atomic mass is 9.99. The van der Waals surface area contributed by atoms with Gasteiger partial charge in [-0.25, -0.2) is 9.97 Å². The highest BCUT2D eigenvalue weighted by Gasteiger charge is 2.27. The van der Waals surface area contributed by atoms with E-state index in [4.69, 9.17) is 32.7 Å². The first-order chi connectivity index (χ1) is 15.5. The summed E-state index contributed by atoms with van der Waals surface area (Å²) in [6.45, 7) is 5.47. The Morgan fingerprint density at radius 1 is 0.938 bits per heavy atom. The molecule has 0 aliphatic carbocycles. The van der Waals surface area contributed by atoms with E-state index in [1.165, 1.54) is 5.56 Å². The van der Waals surface area contributed by atoms with Crippen LogP contribution >= 0.6 is 23.2 Å². The number of nitrogens with zero attached hydrogens (tertiary/aromatic N) is 4. The summed E-state index contributed by atoms with van der Waals surface area (Å²) in [7, 11) is 0. The van der Waals surface area contributed by atoms with Gasteiger partial charge >= 0.3 is 0 Å². The zero-order valence-electron chi connectivity index (χ0n) is 17.9. The van der Waals surface area contributed by atoms with Crippen molar-refractivity contribution in [3.8, 4) is 11.3 Å². The average molecular weight is 465 g/mol. The third-order valence-corrected chi connectivity index (χ3v) is 6.35. The zero-order chi connectivity index (χ0) is 22.2. The smallest absolute Gasteiger partial charge is 0.170 e. The second-order valence-corrected chi connectivity index (χ2v) is 8.95. The number of fused-ring (bicyclic) bond motifs is 1. The van der Waals surface area contributed by atoms with Crippen molar-refractivity contribution in [2.45, 2.75) is 33.2 Å². The predicted octanol–water partition coefficient (Wildman–Crippen LogP) is 6.21. The third kappa shape index (κ3) is 4.10. The van der Waals surface area contributed by atoms with Crippen molar-refractivity contribution >= 4 is 29.0 Å². The summed E-state index contributed by atoms with van der Waals surface area (Å²) in [5.74, 6) is 2.56. The van der Waals surface area contributed by atoms with Gasteiger partial charge in [0.05, 0.1) is 6.54 Å². The summed E-state index contributed by atoms with van der Waals surface area (Å²) in [6, 6.07) is 15.6. The molecule has 0 fully saturated rings. The summed E-state index contributed by atoms with van der Waals surface area (Å²) >= 11 is 12.1.